The quantitative estimate of drug-likeness (QED) is 0.647. The number of anilines is 1. The molecule has 154 valence electrons. The number of fused-ring (bicyclic) bond motifs is 1. The van der Waals surface area contributed by atoms with Crippen LogP contribution in [0, 0.1) is 5.82 Å². The first-order valence-electron chi connectivity index (χ1n) is 9.80. The van der Waals surface area contributed by atoms with Crippen molar-refractivity contribution in [3.63, 3.8) is 0 Å². The van der Waals surface area contributed by atoms with E-state index in [1.807, 2.05) is 36.4 Å². The van der Waals surface area contributed by atoms with Crippen molar-refractivity contribution in [1.29, 1.82) is 0 Å². The Morgan fingerprint density at radius 3 is 2.63 bits per heavy atom. The number of nitrogens with one attached hydrogen (secondary N) is 1. The summed E-state index contributed by atoms with van der Waals surface area (Å²) in [5.74, 6) is 0.566. The van der Waals surface area contributed by atoms with Gasteiger partial charge in [-0.2, -0.15) is 0 Å². The van der Waals surface area contributed by atoms with Gasteiger partial charge in [-0.3, -0.25) is 4.79 Å². The number of benzene rings is 3. The minimum absolute atomic E-state index is 0. The van der Waals surface area contributed by atoms with Crippen LogP contribution in [0.1, 0.15) is 25.4 Å². The first-order valence-corrected chi connectivity index (χ1v) is 9.80. The number of carbonyl (C=O) groups excluding carboxylic acids is 1. The molecule has 0 atom stereocenters. The average Bonchev–Trinajstić information content (AvgIpc) is 3.46. The molecule has 1 aliphatic heterocycles. The third-order valence-electron chi connectivity index (χ3n) is 5.77. The largest absolute Gasteiger partial charge is 0.454 e. The Balaban J connectivity index is 0.00000231. The molecular weight excluding hydrogens is 385 g/mol. The van der Waals surface area contributed by atoms with E-state index in [1.54, 1.807) is 18.2 Å². The summed E-state index contributed by atoms with van der Waals surface area (Å²) in [5, 5.41) is 12.1. The molecule has 0 saturated heterocycles. The lowest BCUT2D eigenvalue weighted by Crippen LogP contribution is -2.28. The number of amides is 1. The Hall–Kier alpha value is -3.38. The van der Waals surface area contributed by atoms with E-state index in [4.69, 9.17) is 9.47 Å². The lowest BCUT2D eigenvalue weighted by atomic mass is 9.94. The lowest BCUT2D eigenvalue weighted by Gasteiger charge is -2.17. The van der Waals surface area contributed by atoms with Crippen molar-refractivity contribution in [3.8, 4) is 22.6 Å². The highest BCUT2D eigenvalue weighted by molar-refractivity contribution is 6.02. The minimum Gasteiger partial charge on any atom is -0.454 e. The van der Waals surface area contributed by atoms with Gasteiger partial charge in [-0.05, 0) is 65.4 Å². The molecule has 1 amide bonds. The monoisotopic (exact) mass is 407 g/mol. The molecule has 5 rings (SSSR count). The molecule has 0 bridgehead atoms. The summed E-state index contributed by atoms with van der Waals surface area (Å²) >= 11 is 0. The molecule has 2 aliphatic rings. The van der Waals surface area contributed by atoms with Gasteiger partial charge in [0.25, 0.3) is 0 Å². The fraction of sp³-hybridized carbons (Fsp3) is 0.208. The number of hydrogen-bond acceptors (Lipinski definition) is 4. The van der Waals surface area contributed by atoms with E-state index in [0.29, 0.717) is 24.3 Å². The summed E-state index contributed by atoms with van der Waals surface area (Å²) in [5.41, 5.74) is 2.67. The van der Waals surface area contributed by atoms with Crippen molar-refractivity contribution in [2.24, 2.45) is 0 Å². The van der Waals surface area contributed by atoms with Crippen LogP contribution in [-0.2, 0) is 16.8 Å². The minimum atomic E-state index is -0.680. The van der Waals surface area contributed by atoms with Crippen molar-refractivity contribution in [1.82, 2.24) is 0 Å². The standard InChI is InChI=1S/C24H20FNO4.H2/c25-19-6-4-17(16-3-1-2-15(10-16)13-27)11-20(19)26-23(28)24(8-9-24)18-5-7-21-22(12-18)30-14-29-21;/h1-7,10-12,27H,8-9,13-14H2,(H,26,28);1H. The molecule has 3 aromatic carbocycles. The highest BCUT2D eigenvalue weighted by atomic mass is 19.1. The summed E-state index contributed by atoms with van der Waals surface area (Å²) < 4.78 is 25.3. The normalized spacial score (nSPS) is 15.7. The molecule has 6 heteroatoms. The number of aliphatic hydroxyl groups is 1. The molecule has 5 nitrogen and oxygen atoms in total. The van der Waals surface area contributed by atoms with E-state index in [1.165, 1.54) is 6.07 Å². The topological polar surface area (TPSA) is 67.8 Å². The van der Waals surface area contributed by atoms with Gasteiger partial charge in [0.15, 0.2) is 11.5 Å². The molecular formula is C24H22FNO4. The van der Waals surface area contributed by atoms with Crippen molar-refractivity contribution in [2.75, 3.05) is 12.1 Å². The van der Waals surface area contributed by atoms with E-state index in [-0.39, 0.29) is 26.4 Å². The third kappa shape index (κ3) is 3.19. The molecule has 0 aromatic heterocycles. The maximum absolute atomic E-state index is 14.5. The molecule has 30 heavy (non-hydrogen) atoms. The number of halogens is 1. The molecule has 2 N–H and O–H groups in total. The maximum atomic E-state index is 14.5. The maximum Gasteiger partial charge on any atom is 0.235 e. The van der Waals surface area contributed by atoms with Gasteiger partial charge in [0, 0.05) is 1.43 Å². The van der Waals surface area contributed by atoms with Crippen LogP contribution in [-0.4, -0.2) is 17.8 Å². The van der Waals surface area contributed by atoms with E-state index in [0.717, 1.165) is 22.3 Å². The first-order chi connectivity index (χ1) is 14.6. The summed E-state index contributed by atoms with van der Waals surface area (Å²) in [7, 11) is 0. The molecule has 1 aliphatic carbocycles. The van der Waals surface area contributed by atoms with Crippen LogP contribution >= 0.6 is 0 Å². The summed E-state index contributed by atoms with van der Waals surface area (Å²) in [6.45, 7) is 0.101. The van der Waals surface area contributed by atoms with Crippen LogP contribution in [0.25, 0.3) is 11.1 Å². The molecule has 0 unspecified atom stereocenters. The van der Waals surface area contributed by atoms with Gasteiger partial charge in [-0.25, -0.2) is 4.39 Å². The summed E-state index contributed by atoms with van der Waals surface area (Å²) in [4.78, 5) is 13.1. The highest BCUT2D eigenvalue weighted by Gasteiger charge is 2.51. The number of hydrogen-bond donors (Lipinski definition) is 2. The van der Waals surface area contributed by atoms with Crippen molar-refractivity contribution in [3.05, 3.63) is 77.6 Å². The Morgan fingerprint density at radius 2 is 1.83 bits per heavy atom. The van der Waals surface area contributed by atoms with Gasteiger partial charge >= 0.3 is 0 Å². The lowest BCUT2D eigenvalue weighted by molar-refractivity contribution is -0.118. The second-order valence-corrected chi connectivity index (χ2v) is 7.66. The molecule has 0 spiro atoms. The fourth-order valence-corrected chi connectivity index (χ4v) is 3.86. The number of carbonyl (C=O) groups is 1. The van der Waals surface area contributed by atoms with Crippen LogP contribution in [0.2, 0.25) is 0 Å². The van der Waals surface area contributed by atoms with Gasteiger partial charge in [-0.15, -0.1) is 0 Å². The van der Waals surface area contributed by atoms with E-state index < -0.39 is 11.2 Å². The number of ether oxygens (including phenoxy) is 2. The van der Waals surface area contributed by atoms with E-state index in [2.05, 4.69) is 5.32 Å². The van der Waals surface area contributed by atoms with Crippen LogP contribution in [0.3, 0.4) is 0 Å². The smallest absolute Gasteiger partial charge is 0.235 e. The van der Waals surface area contributed by atoms with Crippen molar-refractivity contribution < 1.29 is 25.2 Å². The average molecular weight is 407 g/mol. The van der Waals surface area contributed by atoms with Crippen LogP contribution in [0.5, 0.6) is 11.5 Å². The van der Waals surface area contributed by atoms with E-state index >= 15 is 0 Å². The van der Waals surface area contributed by atoms with Gasteiger partial charge in [0.05, 0.1) is 17.7 Å². The highest BCUT2D eigenvalue weighted by Crippen LogP contribution is 2.51. The third-order valence-corrected chi connectivity index (χ3v) is 5.77. The predicted octanol–water partition coefficient (Wildman–Crippen LogP) is 4.63. The zero-order chi connectivity index (χ0) is 20.7. The second-order valence-electron chi connectivity index (χ2n) is 7.66. The summed E-state index contributed by atoms with van der Waals surface area (Å²) in [6.07, 6.45) is 1.39. The summed E-state index contributed by atoms with van der Waals surface area (Å²) in [6, 6.07) is 17.5. The zero-order valence-corrected chi connectivity index (χ0v) is 16.2. The van der Waals surface area contributed by atoms with Gasteiger partial charge in [0.1, 0.15) is 5.82 Å². The van der Waals surface area contributed by atoms with Gasteiger partial charge < -0.3 is 19.9 Å². The second kappa shape index (κ2) is 7.15. The molecule has 0 radical (unpaired) electrons. The fourth-order valence-electron chi connectivity index (χ4n) is 3.86. The van der Waals surface area contributed by atoms with Crippen LogP contribution in [0.15, 0.2) is 60.7 Å². The zero-order valence-electron chi connectivity index (χ0n) is 16.2. The number of aliphatic hydroxyl groups excluding tert-OH is 1. The van der Waals surface area contributed by atoms with E-state index in [9.17, 15) is 14.3 Å². The van der Waals surface area contributed by atoms with Gasteiger partial charge in [-0.1, -0.05) is 30.3 Å². The van der Waals surface area contributed by atoms with Gasteiger partial charge in [0.2, 0.25) is 12.7 Å². The van der Waals surface area contributed by atoms with Crippen molar-refractivity contribution >= 4 is 11.6 Å². The molecule has 1 heterocycles. The molecule has 1 fully saturated rings. The Labute approximate surface area is 174 Å². The number of rotatable bonds is 5. The Bertz CT molecular complexity index is 1150. The molecule has 1 saturated carbocycles. The van der Waals surface area contributed by atoms with Crippen LogP contribution in [0.4, 0.5) is 10.1 Å². The van der Waals surface area contributed by atoms with Crippen LogP contribution < -0.4 is 14.8 Å². The Morgan fingerprint density at radius 1 is 1.03 bits per heavy atom. The first kappa shape index (κ1) is 18.6. The SMILES string of the molecule is O=C(Nc1cc(-c2cccc(CO)c2)ccc1F)C1(c2ccc3c(c2)OCO3)CC1.[HH]. The predicted molar refractivity (Wildman–Crippen MR) is 112 cm³/mol. The van der Waals surface area contributed by atoms with Crippen molar-refractivity contribution in [2.45, 2.75) is 24.9 Å². The molecule has 3 aromatic rings. The Kier molecular flexibility index (Phi) is 4.44.